The number of allylic oxidation sites excluding steroid dienone is 2. The van der Waals surface area contributed by atoms with Crippen LogP contribution in [-0.2, 0) is 4.79 Å². The summed E-state index contributed by atoms with van der Waals surface area (Å²) in [7, 11) is 3.88. The van der Waals surface area contributed by atoms with Gasteiger partial charge in [-0.2, -0.15) is 0 Å². The van der Waals surface area contributed by atoms with Gasteiger partial charge >= 0.3 is 0 Å². The minimum absolute atomic E-state index is 0.146. The molecule has 0 aromatic rings. The van der Waals surface area contributed by atoms with Gasteiger partial charge in [0, 0.05) is 11.5 Å². The molecule has 0 radical (unpaired) electrons. The van der Waals surface area contributed by atoms with E-state index in [0.717, 1.165) is 6.42 Å². The van der Waals surface area contributed by atoms with Gasteiger partial charge in [-0.15, -0.1) is 0 Å². The van der Waals surface area contributed by atoms with Crippen molar-refractivity contribution in [2.75, 3.05) is 11.5 Å². The number of carbonyl (C=O) groups excluding carboxylic acids is 1. The van der Waals surface area contributed by atoms with Gasteiger partial charge in [0.2, 0.25) is 0 Å². The van der Waals surface area contributed by atoms with E-state index in [-0.39, 0.29) is 5.78 Å². The first-order valence-corrected chi connectivity index (χ1v) is 7.17. The molecule has 0 aromatic heterocycles. The SMILES string of the molecule is CCCSSCCC/C=C/C(C)=O. The van der Waals surface area contributed by atoms with Crippen LogP contribution in [0.2, 0.25) is 0 Å². The normalized spacial score (nSPS) is 10.9. The van der Waals surface area contributed by atoms with E-state index in [1.165, 1.54) is 24.3 Å². The van der Waals surface area contributed by atoms with Crippen LogP contribution in [0.4, 0.5) is 0 Å². The van der Waals surface area contributed by atoms with Crippen molar-refractivity contribution in [2.24, 2.45) is 0 Å². The summed E-state index contributed by atoms with van der Waals surface area (Å²) >= 11 is 0. The van der Waals surface area contributed by atoms with E-state index in [1.807, 2.05) is 27.7 Å². The van der Waals surface area contributed by atoms with Crippen LogP contribution in [0, 0.1) is 0 Å². The molecule has 13 heavy (non-hydrogen) atoms. The van der Waals surface area contributed by atoms with Crippen LogP contribution in [0.15, 0.2) is 12.2 Å². The molecule has 0 fully saturated rings. The maximum atomic E-state index is 10.5. The first-order chi connectivity index (χ1) is 6.27. The first kappa shape index (κ1) is 13.1. The second kappa shape index (κ2) is 10.2. The van der Waals surface area contributed by atoms with Gasteiger partial charge in [0.05, 0.1) is 0 Å². The zero-order valence-electron chi connectivity index (χ0n) is 8.41. The molecule has 0 saturated heterocycles. The van der Waals surface area contributed by atoms with Crippen molar-refractivity contribution in [3.05, 3.63) is 12.2 Å². The molecule has 0 bridgehead atoms. The lowest BCUT2D eigenvalue weighted by molar-refractivity contribution is -0.112. The van der Waals surface area contributed by atoms with Crippen LogP contribution in [0.5, 0.6) is 0 Å². The van der Waals surface area contributed by atoms with Crippen molar-refractivity contribution >= 4 is 27.4 Å². The summed E-state index contributed by atoms with van der Waals surface area (Å²) in [5, 5.41) is 0. The van der Waals surface area contributed by atoms with Crippen LogP contribution in [-0.4, -0.2) is 17.3 Å². The molecular weight excluding hydrogens is 200 g/mol. The molecule has 1 nitrogen and oxygen atoms in total. The van der Waals surface area contributed by atoms with Crippen molar-refractivity contribution in [3.8, 4) is 0 Å². The number of unbranched alkanes of at least 4 members (excludes halogenated alkanes) is 1. The molecule has 0 unspecified atom stereocenters. The summed E-state index contributed by atoms with van der Waals surface area (Å²) in [6, 6.07) is 0. The second-order valence-corrected chi connectivity index (χ2v) is 5.50. The van der Waals surface area contributed by atoms with E-state index in [1.54, 1.807) is 13.0 Å². The molecule has 0 spiro atoms. The topological polar surface area (TPSA) is 17.1 Å². The van der Waals surface area contributed by atoms with Crippen LogP contribution in [0.3, 0.4) is 0 Å². The van der Waals surface area contributed by atoms with E-state index in [4.69, 9.17) is 0 Å². The highest BCUT2D eigenvalue weighted by atomic mass is 33.1. The van der Waals surface area contributed by atoms with Crippen LogP contribution in [0.1, 0.15) is 33.1 Å². The summed E-state index contributed by atoms with van der Waals surface area (Å²) in [5.41, 5.74) is 0. The standard InChI is InChI=1S/C10H18OS2/c1-3-8-12-13-9-6-4-5-7-10(2)11/h5,7H,3-4,6,8-9H2,1-2H3/b7-5+. The van der Waals surface area contributed by atoms with Crippen molar-refractivity contribution in [2.45, 2.75) is 33.1 Å². The molecule has 0 N–H and O–H groups in total. The largest absolute Gasteiger partial charge is 0.295 e. The van der Waals surface area contributed by atoms with Gasteiger partial charge in [-0.25, -0.2) is 0 Å². The predicted octanol–water partition coefficient (Wildman–Crippen LogP) is 3.70. The predicted molar refractivity (Wildman–Crippen MR) is 64.3 cm³/mol. The van der Waals surface area contributed by atoms with Crippen LogP contribution in [0.25, 0.3) is 0 Å². The van der Waals surface area contributed by atoms with E-state index in [2.05, 4.69) is 6.92 Å². The second-order valence-electron chi connectivity index (χ2n) is 2.80. The smallest absolute Gasteiger partial charge is 0.152 e. The Labute approximate surface area is 89.1 Å². The Balaban J connectivity index is 3.03. The Bertz CT molecular complexity index is 155. The minimum Gasteiger partial charge on any atom is -0.295 e. The number of ketones is 1. The van der Waals surface area contributed by atoms with Crippen LogP contribution < -0.4 is 0 Å². The molecule has 0 aliphatic carbocycles. The molecule has 0 aliphatic heterocycles. The molecule has 0 rings (SSSR count). The Morgan fingerprint density at radius 3 is 2.62 bits per heavy atom. The molecule has 0 aliphatic rings. The van der Waals surface area contributed by atoms with Crippen LogP contribution >= 0.6 is 21.6 Å². The third kappa shape index (κ3) is 12.1. The molecule has 0 atom stereocenters. The Morgan fingerprint density at radius 1 is 1.31 bits per heavy atom. The van der Waals surface area contributed by atoms with Crippen molar-refractivity contribution < 1.29 is 4.79 Å². The maximum Gasteiger partial charge on any atom is 0.152 e. The molecule has 0 aromatic carbocycles. The summed E-state index contributed by atoms with van der Waals surface area (Å²) in [6.07, 6.45) is 7.07. The molecule has 3 heteroatoms. The average molecular weight is 218 g/mol. The highest BCUT2D eigenvalue weighted by molar-refractivity contribution is 8.76. The summed E-state index contributed by atoms with van der Waals surface area (Å²) in [6.45, 7) is 3.78. The van der Waals surface area contributed by atoms with E-state index in [0.29, 0.717) is 0 Å². The van der Waals surface area contributed by atoms with Gasteiger partial charge in [-0.05, 0) is 32.3 Å². The number of carbonyl (C=O) groups is 1. The van der Waals surface area contributed by atoms with Gasteiger partial charge in [-0.1, -0.05) is 34.6 Å². The lowest BCUT2D eigenvalue weighted by Crippen LogP contribution is -1.81. The fourth-order valence-electron chi connectivity index (χ4n) is 0.711. The Kier molecular flexibility index (Phi) is 10.3. The highest BCUT2D eigenvalue weighted by Crippen LogP contribution is 2.22. The summed E-state index contributed by atoms with van der Waals surface area (Å²) in [5.74, 6) is 2.58. The molecule has 76 valence electrons. The average Bonchev–Trinajstić information content (AvgIpc) is 2.09. The first-order valence-electron chi connectivity index (χ1n) is 4.69. The third-order valence-electron chi connectivity index (χ3n) is 1.32. The fraction of sp³-hybridized carbons (Fsp3) is 0.700. The maximum absolute atomic E-state index is 10.5. The Hall–Kier alpha value is 0.110. The zero-order chi connectivity index (χ0) is 9.94. The summed E-state index contributed by atoms with van der Waals surface area (Å²) < 4.78 is 0. The fourth-order valence-corrected chi connectivity index (χ4v) is 2.96. The molecule has 0 amide bonds. The molecular formula is C10H18OS2. The molecule has 0 saturated carbocycles. The summed E-state index contributed by atoms with van der Waals surface area (Å²) in [4.78, 5) is 10.5. The number of hydrogen-bond donors (Lipinski definition) is 0. The van der Waals surface area contributed by atoms with E-state index in [9.17, 15) is 4.79 Å². The van der Waals surface area contributed by atoms with Gasteiger partial charge in [0.25, 0.3) is 0 Å². The number of rotatable bonds is 8. The van der Waals surface area contributed by atoms with E-state index < -0.39 is 0 Å². The molecule has 0 heterocycles. The third-order valence-corrected chi connectivity index (χ3v) is 4.02. The quantitative estimate of drug-likeness (QED) is 0.351. The highest BCUT2D eigenvalue weighted by Gasteiger charge is 1.88. The van der Waals surface area contributed by atoms with Crippen molar-refractivity contribution in [1.29, 1.82) is 0 Å². The lowest BCUT2D eigenvalue weighted by atomic mass is 10.3. The monoisotopic (exact) mass is 218 g/mol. The van der Waals surface area contributed by atoms with Gasteiger partial charge in [0.1, 0.15) is 0 Å². The number of hydrogen-bond acceptors (Lipinski definition) is 3. The van der Waals surface area contributed by atoms with Gasteiger partial charge < -0.3 is 0 Å². The lowest BCUT2D eigenvalue weighted by Gasteiger charge is -1.96. The Morgan fingerprint density at radius 2 is 2.00 bits per heavy atom. The van der Waals surface area contributed by atoms with E-state index >= 15 is 0 Å². The van der Waals surface area contributed by atoms with Gasteiger partial charge in [-0.3, -0.25) is 4.79 Å². The zero-order valence-corrected chi connectivity index (χ0v) is 10.0. The van der Waals surface area contributed by atoms with Crippen molar-refractivity contribution in [3.63, 3.8) is 0 Å². The minimum atomic E-state index is 0.146. The van der Waals surface area contributed by atoms with Crippen molar-refractivity contribution in [1.82, 2.24) is 0 Å². The van der Waals surface area contributed by atoms with Gasteiger partial charge in [0.15, 0.2) is 5.78 Å².